The first-order valence-electron chi connectivity index (χ1n) is 18.2. The average molecular weight is 730 g/mol. The van der Waals surface area contributed by atoms with E-state index in [-0.39, 0.29) is 17.9 Å². The van der Waals surface area contributed by atoms with E-state index in [1.54, 1.807) is 14.2 Å². The Morgan fingerprint density at radius 3 is 1.10 bits per heavy atom. The largest absolute Gasteiger partial charge is 0.496 e. The molecule has 0 unspecified atom stereocenters. The Balaban J connectivity index is 0.0000110. The van der Waals surface area contributed by atoms with Crippen LogP contribution in [0.15, 0.2) is 48.5 Å². The number of unbranched alkanes of at least 4 members (excludes halogenated alkanes) is 12. The maximum absolute atomic E-state index is 5.42. The third-order valence-corrected chi connectivity index (χ3v) is 10.6. The minimum Gasteiger partial charge on any atom is -0.496 e. The topological polar surface area (TPSA) is 98.1 Å². The Bertz CT molecular complexity index is 888. The van der Waals surface area contributed by atoms with Crippen LogP contribution in [0.25, 0.3) is 0 Å². The van der Waals surface area contributed by atoms with Gasteiger partial charge in [0, 0.05) is 48.8 Å². The van der Waals surface area contributed by atoms with Gasteiger partial charge in [0.1, 0.15) is 11.5 Å². The minimum atomic E-state index is 0. The van der Waals surface area contributed by atoms with E-state index in [9.17, 15) is 0 Å². The van der Waals surface area contributed by atoms with E-state index in [0.717, 1.165) is 50.8 Å². The van der Waals surface area contributed by atoms with Crippen molar-refractivity contribution in [1.29, 1.82) is 0 Å². The number of methoxy groups -OCH3 is 2. The zero-order valence-corrected chi connectivity index (χ0v) is 32.6. The predicted octanol–water partition coefficient (Wildman–Crippen LogP) is 8.20. The van der Waals surface area contributed by atoms with Gasteiger partial charge in [0.15, 0.2) is 0 Å². The molecule has 0 atom stereocenters. The summed E-state index contributed by atoms with van der Waals surface area (Å²) in [7, 11) is 7.51. The molecule has 10 heteroatoms. The molecular weight excluding hydrogens is 660 g/mol. The maximum Gasteiger partial charge on any atom is 0.123 e. The molecule has 0 amide bonds. The summed E-state index contributed by atoms with van der Waals surface area (Å²) in [6.07, 6.45) is 18.7. The van der Waals surface area contributed by atoms with E-state index in [2.05, 4.69) is 45.5 Å². The molecule has 0 aromatic heterocycles. The molecule has 0 spiro atoms. The van der Waals surface area contributed by atoms with Crippen LogP contribution in [0.2, 0.25) is 0 Å². The van der Waals surface area contributed by atoms with Crippen molar-refractivity contribution in [1.82, 2.24) is 21.3 Å². The molecule has 2 rings (SSSR count). The number of ether oxygens (including phenoxy) is 2. The zero-order valence-electron chi connectivity index (χ0n) is 30.1. The molecular formula is C38H69ClN4O3S2. The van der Waals surface area contributed by atoms with Crippen molar-refractivity contribution in [2.75, 3.05) is 65.0 Å². The summed E-state index contributed by atoms with van der Waals surface area (Å²) in [6, 6.07) is 16.5. The Labute approximate surface area is 308 Å². The number of halogens is 1. The fourth-order valence-corrected chi connectivity index (χ4v) is 7.41. The Morgan fingerprint density at radius 1 is 0.438 bits per heavy atom. The third kappa shape index (κ3) is 25.8. The van der Waals surface area contributed by atoms with Gasteiger partial charge in [0.05, 0.1) is 14.2 Å². The average Bonchev–Trinajstić information content (AvgIpc) is 3.09. The van der Waals surface area contributed by atoms with Crippen LogP contribution in [0.3, 0.4) is 0 Å². The molecule has 0 fully saturated rings. The molecule has 2 aromatic rings. The second-order valence-corrected chi connectivity index (χ2v) is 14.8. The van der Waals surface area contributed by atoms with Crippen LogP contribution in [0.5, 0.6) is 11.5 Å². The van der Waals surface area contributed by atoms with E-state index in [1.807, 2.05) is 45.9 Å². The molecule has 0 bridgehead atoms. The summed E-state index contributed by atoms with van der Waals surface area (Å²) >= 11 is 0. The van der Waals surface area contributed by atoms with Gasteiger partial charge in [-0.15, -0.1) is 12.4 Å². The summed E-state index contributed by atoms with van der Waals surface area (Å²) < 4.78 is 10.8. The summed E-state index contributed by atoms with van der Waals surface area (Å²) in [5.41, 5.74) is 2.48. The van der Waals surface area contributed by atoms with Gasteiger partial charge in [0.25, 0.3) is 0 Å². The number of para-hydroxylation sites is 2. The third-order valence-electron chi connectivity index (χ3n) is 8.24. The van der Waals surface area contributed by atoms with E-state index < -0.39 is 0 Å². The van der Waals surface area contributed by atoms with Crippen molar-refractivity contribution in [3.05, 3.63) is 59.7 Å². The van der Waals surface area contributed by atoms with Gasteiger partial charge in [-0.1, -0.05) is 122 Å². The monoisotopic (exact) mass is 728 g/mol. The zero-order chi connectivity index (χ0) is 32.6. The number of hydrogen-bond donors (Lipinski definition) is 4. The van der Waals surface area contributed by atoms with Crippen LogP contribution in [-0.2, 0) is 13.1 Å². The number of rotatable bonds is 33. The van der Waals surface area contributed by atoms with Gasteiger partial charge in [-0.05, 0) is 64.0 Å². The summed E-state index contributed by atoms with van der Waals surface area (Å²) in [4.78, 5) is 0. The lowest BCUT2D eigenvalue weighted by molar-refractivity contribution is 0.407. The molecule has 2 aromatic carbocycles. The van der Waals surface area contributed by atoms with Crippen molar-refractivity contribution in [2.45, 2.75) is 103 Å². The summed E-state index contributed by atoms with van der Waals surface area (Å²) in [5.74, 6) is 4.36. The second-order valence-electron chi connectivity index (χ2n) is 12.1. The second kappa shape index (κ2) is 35.6. The number of hydrogen-bond acceptors (Lipinski definition) is 8. The Morgan fingerprint density at radius 2 is 0.750 bits per heavy atom. The molecule has 0 aliphatic rings. The molecule has 0 aliphatic heterocycles. The van der Waals surface area contributed by atoms with Crippen LogP contribution < -0.4 is 30.7 Å². The summed E-state index contributed by atoms with van der Waals surface area (Å²) in [5, 5.41) is 14.3. The Kier molecular flexibility index (Phi) is 34.8. The first kappa shape index (κ1) is 46.8. The lowest BCUT2D eigenvalue weighted by atomic mass is 10.1. The molecule has 7 nitrogen and oxygen atoms in total. The van der Waals surface area contributed by atoms with E-state index >= 15 is 0 Å². The molecule has 0 radical (unpaired) electrons. The highest BCUT2D eigenvalue weighted by Crippen LogP contribution is 2.20. The highest BCUT2D eigenvalue weighted by molar-refractivity contribution is 8.76. The van der Waals surface area contributed by atoms with Crippen molar-refractivity contribution >= 4 is 34.0 Å². The Hall–Kier alpha value is -1.17. The molecule has 0 heterocycles. The molecule has 0 saturated heterocycles. The van der Waals surface area contributed by atoms with Gasteiger partial charge < -0.3 is 36.2 Å². The lowest BCUT2D eigenvalue weighted by Crippen LogP contribution is -2.19. The van der Waals surface area contributed by atoms with Crippen LogP contribution >= 0.6 is 34.0 Å². The smallest absolute Gasteiger partial charge is 0.123 e. The molecule has 0 aliphatic carbocycles. The maximum atomic E-state index is 5.42. The lowest BCUT2D eigenvalue weighted by Gasteiger charge is -2.09. The fourth-order valence-electron chi connectivity index (χ4n) is 5.51. The van der Waals surface area contributed by atoms with Gasteiger partial charge in [-0.2, -0.15) is 0 Å². The summed E-state index contributed by atoms with van der Waals surface area (Å²) in [6.45, 7) is 8.55. The van der Waals surface area contributed by atoms with E-state index in [4.69, 9.17) is 9.47 Å². The first-order chi connectivity index (χ1) is 22.8. The standard InChI is InChI=1S/C38H66N4O2S2.ClH.H2O/c1-43-37-23-15-13-21-35(37)33-41-27-19-11-7-3-5-9-17-25-39-29-31-45-46-32-30-40-26-18-10-6-4-8-12-20-28-42-34-36-22-14-16-24-38(36)44-2;;/h13-16,21-24,39-42H,3-12,17-20,25-34H2,1-2H3;1H;1H2. The molecule has 48 heavy (non-hydrogen) atoms. The van der Waals surface area contributed by atoms with E-state index in [1.165, 1.54) is 126 Å². The number of benzene rings is 2. The molecule has 278 valence electrons. The first-order valence-corrected chi connectivity index (χ1v) is 20.6. The highest BCUT2D eigenvalue weighted by atomic mass is 35.5. The fraction of sp³-hybridized carbons (Fsp3) is 0.684. The van der Waals surface area contributed by atoms with Crippen molar-refractivity contribution < 1.29 is 14.9 Å². The van der Waals surface area contributed by atoms with E-state index in [0.29, 0.717) is 0 Å². The van der Waals surface area contributed by atoms with Gasteiger partial charge in [-0.3, -0.25) is 0 Å². The van der Waals surface area contributed by atoms with Gasteiger partial charge in [0.2, 0.25) is 0 Å². The highest BCUT2D eigenvalue weighted by Gasteiger charge is 2.02. The van der Waals surface area contributed by atoms with Crippen LogP contribution in [0, 0.1) is 0 Å². The molecule has 6 N–H and O–H groups in total. The van der Waals surface area contributed by atoms with Crippen LogP contribution in [0.4, 0.5) is 0 Å². The van der Waals surface area contributed by atoms with Crippen molar-refractivity contribution in [3.63, 3.8) is 0 Å². The van der Waals surface area contributed by atoms with Crippen LogP contribution in [0.1, 0.15) is 101 Å². The van der Waals surface area contributed by atoms with Crippen LogP contribution in [-0.4, -0.2) is 70.5 Å². The SMILES string of the molecule is COc1ccccc1CNCCCCCCCCCNCCSSCCNCCCCCCCCCNCc1ccccc1OC.Cl.O. The quantitative estimate of drug-likeness (QED) is 0.0432. The minimum absolute atomic E-state index is 0. The van der Waals surface area contributed by atoms with Gasteiger partial charge in [-0.25, -0.2) is 0 Å². The van der Waals surface area contributed by atoms with Gasteiger partial charge >= 0.3 is 0 Å². The predicted molar refractivity (Wildman–Crippen MR) is 216 cm³/mol. The molecule has 0 saturated carbocycles. The van der Waals surface area contributed by atoms with Crippen molar-refractivity contribution in [2.24, 2.45) is 0 Å². The number of nitrogens with one attached hydrogen (secondary N) is 4. The van der Waals surface area contributed by atoms with Crippen molar-refractivity contribution in [3.8, 4) is 11.5 Å². The normalized spacial score (nSPS) is 10.8.